The molecule has 1 aromatic carbocycles. The second-order valence-electron chi connectivity index (χ2n) is 4.12. The highest BCUT2D eigenvalue weighted by Crippen LogP contribution is 2.27. The van der Waals surface area contributed by atoms with E-state index < -0.39 is 0 Å². The molecule has 0 saturated carbocycles. The molecule has 0 radical (unpaired) electrons. The van der Waals surface area contributed by atoms with Gasteiger partial charge in [0.05, 0.1) is 10.0 Å². The monoisotopic (exact) mass is 299 g/mol. The Morgan fingerprint density at radius 3 is 2.67 bits per heavy atom. The molecule has 1 atom stereocenters. The lowest BCUT2D eigenvalue weighted by Crippen LogP contribution is -2.22. The topological polar surface area (TPSA) is 12.0 Å². The first kappa shape index (κ1) is 13.9. The summed E-state index contributed by atoms with van der Waals surface area (Å²) in [4.78, 5) is 0. The van der Waals surface area contributed by atoms with Gasteiger partial charge in [-0.15, -0.1) is 0 Å². The maximum atomic E-state index is 6.08. The largest absolute Gasteiger partial charge is 0.310 e. The number of benzene rings is 1. The summed E-state index contributed by atoms with van der Waals surface area (Å²) in [6, 6.07) is 8.28. The number of halogens is 2. The predicted molar refractivity (Wildman–Crippen MR) is 80.9 cm³/mol. The molecule has 0 bridgehead atoms. The minimum absolute atomic E-state index is 0.277. The van der Waals surface area contributed by atoms with E-state index in [-0.39, 0.29) is 6.04 Å². The van der Waals surface area contributed by atoms with E-state index in [1.165, 1.54) is 11.1 Å². The molecular formula is C14H15Cl2NS. The third kappa shape index (κ3) is 3.48. The van der Waals surface area contributed by atoms with Crippen molar-refractivity contribution in [3.05, 3.63) is 56.2 Å². The normalized spacial score (nSPS) is 12.6. The molecule has 96 valence electrons. The van der Waals surface area contributed by atoms with Crippen LogP contribution in [0, 0.1) is 0 Å². The predicted octanol–water partition coefficient (Wildman–Crippen LogP) is 4.95. The maximum Gasteiger partial charge on any atom is 0.0595 e. The summed E-state index contributed by atoms with van der Waals surface area (Å²) in [6.07, 6.45) is 0.968. The SMILES string of the molecule is CCNC(Cc1ccsc1)c1ccc(Cl)c(Cl)c1. The van der Waals surface area contributed by atoms with Gasteiger partial charge in [0.2, 0.25) is 0 Å². The standard InChI is InChI=1S/C14H15Cl2NS/c1-2-17-14(7-10-5-6-18-9-10)11-3-4-12(15)13(16)8-11/h3-6,8-9,14,17H,2,7H2,1H3. The minimum atomic E-state index is 0.277. The molecule has 0 aliphatic heterocycles. The van der Waals surface area contributed by atoms with Crippen LogP contribution in [0.2, 0.25) is 10.0 Å². The summed E-state index contributed by atoms with van der Waals surface area (Å²) in [5, 5.41) is 8.99. The zero-order valence-electron chi connectivity index (χ0n) is 10.1. The van der Waals surface area contributed by atoms with Crippen molar-refractivity contribution in [3.63, 3.8) is 0 Å². The molecule has 1 unspecified atom stereocenters. The Labute approximate surface area is 122 Å². The number of rotatable bonds is 5. The molecule has 4 heteroatoms. The summed E-state index contributed by atoms with van der Waals surface area (Å²) in [5.74, 6) is 0. The minimum Gasteiger partial charge on any atom is -0.310 e. The van der Waals surface area contributed by atoms with Crippen LogP contribution >= 0.6 is 34.5 Å². The summed E-state index contributed by atoms with van der Waals surface area (Å²) in [5.41, 5.74) is 2.52. The lowest BCUT2D eigenvalue weighted by atomic mass is 10.0. The third-order valence-corrected chi connectivity index (χ3v) is 4.29. The van der Waals surface area contributed by atoms with Crippen molar-refractivity contribution in [2.45, 2.75) is 19.4 Å². The molecule has 0 amide bonds. The summed E-state index contributed by atoms with van der Waals surface area (Å²) >= 11 is 13.8. The van der Waals surface area contributed by atoms with Crippen molar-refractivity contribution in [1.82, 2.24) is 5.32 Å². The van der Waals surface area contributed by atoms with Gasteiger partial charge in [-0.3, -0.25) is 0 Å². The van der Waals surface area contributed by atoms with Crippen LogP contribution in [0.4, 0.5) is 0 Å². The van der Waals surface area contributed by atoms with Crippen LogP contribution in [0.3, 0.4) is 0 Å². The molecule has 0 fully saturated rings. The molecule has 0 aliphatic rings. The van der Waals surface area contributed by atoms with Gasteiger partial charge < -0.3 is 5.32 Å². The molecule has 1 aromatic heterocycles. The fourth-order valence-corrected chi connectivity index (χ4v) is 2.92. The highest BCUT2D eigenvalue weighted by molar-refractivity contribution is 7.07. The smallest absolute Gasteiger partial charge is 0.0595 e. The van der Waals surface area contributed by atoms with Crippen molar-refractivity contribution >= 4 is 34.5 Å². The number of hydrogen-bond acceptors (Lipinski definition) is 2. The maximum absolute atomic E-state index is 6.08. The van der Waals surface area contributed by atoms with Gasteiger partial charge in [0.15, 0.2) is 0 Å². The quantitative estimate of drug-likeness (QED) is 0.824. The number of thiophene rings is 1. The van der Waals surface area contributed by atoms with E-state index in [9.17, 15) is 0 Å². The lowest BCUT2D eigenvalue weighted by Gasteiger charge is -2.18. The Hall–Kier alpha value is -0.540. The first-order valence-corrected chi connectivity index (χ1v) is 7.60. The fourth-order valence-electron chi connectivity index (χ4n) is 1.93. The van der Waals surface area contributed by atoms with Crippen LogP contribution in [0.15, 0.2) is 35.0 Å². The van der Waals surface area contributed by atoms with E-state index >= 15 is 0 Å². The fraction of sp³-hybridized carbons (Fsp3) is 0.286. The zero-order valence-corrected chi connectivity index (χ0v) is 12.4. The highest BCUT2D eigenvalue weighted by Gasteiger charge is 2.12. The third-order valence-electron chi connectivity index (χ3n) is 2.82. The second-order valence-corrected chi connectivity index (χ2v) is 5.71. The number of hydrogen-bond donors (Lipinski definition) is 1. The van der Waals surface area contributed by atoms with Gasteiger partial charge >= 0.3 is 0 Å². The molecule has 0 spiro atoms. The number of nitrogens with one attached hydrogen (secondary N) is 1. The molecule has 2 rings (SSSR count). The highest BCUT2D eigenvalue weighted by atomic mass is 35.5. The van der Waals surface area contributed by atoms with E-state index in [0.29, 0.717) is 10.0 Å². The first-order chi connectivity index (χ1) is 8.70. The molecule has 18 heavy (non-hydrogen) atoms. The Kier molecular flexibility index (Phi) is 5.07. The number of likely N-dealkylation sites (N-methyl/N-ethyl adjacent to an activating group) is 1. The van der Waals surface area contributed by atoms with Gasteiger partial charge in [-0.1, -0.05) is 36.2 Å². The summed E-state index contributed by atoms with van der Waals surface area (Å²) in [7, 11) is 0. The van der Waals surface area contributed by atoms with Gasteiger partial charge in [-0.25, -0.2) is 0 Å². The molecule has 1 N–H and O–H groups in total. The van der Waals surface area contributed by atoms with Gasteiger partial charge in [0.1, 0.15) is 0 Å². The van der Waals surface area contributed by atoms with Crippen molar-refractivity contribution < 1.29 is 0 Å². The van der Waals surface area contributed by atoms with Crippen LogP contribution in [0.25, 0.3) is 0 Å². The van der Waals surface area contributed by atoms with Crippen LogP contribution in [0.1, 0.15) is 24.1 Å². The molecule has 1 nitrogen and oxygen atoms in total. The van der Waals surface area contributed by atoms with E-state index in [1.54, 1.807) is 11.3 Å². The van der Waals surface area contributed by atoms with Crippen molar-refractivity contribution in [2.75, 3.05) is 6.54 Å². The zero-order chi connectivity index (χ0) is 13.0. The van der Waals surface area contributed by atoms with Crippen LogP contribution < -0.4 is 5.32 Å². The van der Waals surface area contributed by atoms with Crippen LogP contribution in [-0.4, -0.2) is 6.54 Å². The van der Waals surface area contributed by atoms with Gasteiger partial charge in [-0.2, -0.15) is 11.3 Å². The molecular weight excluding hydrogens is 285 g/mol. The average Bonchev–Trinajstić information content (AvgIpc) is 2.85. The van der Waals surface area contributed by atoms with Crippen LogP contribution in [-0.2, 0) is 6.42 Å². The Balaban J connectivity index is 2.20. The van der Waals surface area contributed by atoms with E-state index in [0.717, 1.165) is 13.0 Å². The van der Waals surface area contributed by atoms with E-state index in [4.69, 9.17) is 23.2 Å². The molecule has 0 aliphatic carbocycles. The molecule has 1 heterocycles. The van der Waals surface area contributed by atoms with Gasteiger partial charge in [0, 0.05) is 6.04 Å². The Morgan fingerprint density at radius 2 is 2.06 bits per heavy atom. The van der Waals surface area contributed by atoms with Crippen molar-refractivity contribution in [1.29, 1.82) is 0 Å². The van der Waals surface area contributed by atoms with Gasteiger partial charge in [0.25, 0.3) is 0 Å². The summed E-state index contributed by atoms with van der Waals surface area (Å²) < 4.78 is 0. The first-order valence-electron chi connectivity index (χ1n) is 5.90. The van der Waals surface area contributed by atoms with Crippen LogP contribution in [0.5, 0.6) is 0 Å². The Morgan fingerprint density at radius 1 is 1.22 bits per heavy atom. The van der Waals surface area contributed by atoms with Gasteiger partial charge in [-0.05, 0) is 53.1 Å². The summed E-state index contributed by atoms with van der Waals surface area (Å²) in [6.45, 7) is 3.03. The molecule has 2 aromatic rings. The van der Waals surface area contributed by atoms with Crippen molar-refractivity contribution in [2.24, 2.45) is 0 Å². The Bertz CT molecular complexity index is 497. The average molecular weight is 300 g/mol. The van der Waals surface area contributed by atoms with Crippen molar-refractivity contribution in [3.8, 4) is 0 Å². The second kappa shape index (κ2) is 6.58. The molecule has 0 saturated heterocycles. The van der Waals surface area contributed by atoms with E-state index in [2.05, 4.69) is 29.1 Å². The lowest BCUT2D eigenvalue weighted by molar-refractivity contribution is 0.550. The van der Waals surface area contributed by atoms with E-state index in [1.807, 2.05) is 18.2 Å².